The lowest BCUT2D eigenvalue weighted by Crippen LogP contribution is -2.46. The van der Waals surface area contributed by atoms with Gasteiger partial charge in [0, 0.05) is 11.4 Å². The van der Waals surface area contributed by atoms with Crippen LogP contribution in [0.3, 0.4) is 0 Å². The molecule has 4 atom stereocenters. The molecule has 0 spiro atoms. The average Bonchev–Trinajstić information content (AvgIpc) is 3.37. The van der Waals surface area contributed by atoms with E-state index < -0.39 is 12.2 Å². The fourth-order valence-corrected chi connectivity index (χ4v) is 3.92. The van der Waals surface area contributed by atoms with Gasteiger partial charge in [-0.25, -0.2) is 4.79 Å². The summed E-state index contributed by atoms with van der Waals surface area (Å²) in [7, 11) is 1.58. The molecule has 0 aromatic heterocycles. The normalized spacial score (nSPS) is 23.5. The standard InChI is InChI=1S/C22H22N4O5S/c1-28-16-7-5-14(6-8-16)25-22(27)31-18-12-30-19-17(11-29-20(18)19)26-21(32)24-15-4-2-3-13(9-15)10-23/h2-9,17-20H,11-12H2,1H3,(H,25,27)(H2,24,26,32)/t17-,18+,19+,20+/m0/s1. The third kappa shape index (κ3) is 5.08. The molecule has 166 valence electrons. The summed E-state index contributed by atoms with van der Waals surface area (Å²) in [6, 6.07) is 15.8. The number of fused-ring (bicyclic) bond motifs is 1. The quantitative estimate of drug-likeness (QED) is 0.587. The summed E-state index contributed by atoms with van der Waals surface area (Å²) in [4.78, 5) is 12.3. The highest BCUT2D eigenvalue weighted by molar-refractivity contribution is 7.80. The third-order valence-corrected chi connectivity index (χ3v) is 5.39. The molecule has 2 aliphatic heterocycles. The Hall–Kier alpha value is -3.39. The molecule has 2 heterocycles. The van der Waals surface area contributed by atoms with E-state index in [1.807, 2.05) is 6.07 Å². The van der Waals surface area contributed by atoms with Gasteiger partial charge in [0.15, 0.2) is 11.2 Å². The topological polar surface area (TPSA) is 114 Å². The van der Waals surface area contributed by atoms with Crippen molar-refractivity contribution in [3.05, 3.63) is 54.1 Å². The predicted octanol–water partition coefficient (Wildman–Crippen LogP) is 2.64. The number of rotatable bonds is 5. The maximum absolute atomic E-state index is 12.3. The minimum Gasteiger partial charge on any atom is -0.497 e. The minimum absolute atomic E-state index is 0.197. The number of ether oxygens (including phenoxy) is 4. The SMILES string of the molecule is COc1ccc(NC(=O)O[C@@H]2CO[C@H]3[C@@H]2OC[C@@H]3NC(=S)Nc2cccc(C#N)c2)cc1. The van der Waals surface area contributed by atoms with Crippen LogP contribution in [0.4, 0.5) is 16.2 Å². The molecule has 0 unspecified atom stereocenters. The molecule has 2 aromatic rings. The highest BCUT2D eigenvalue weighted by Gasteiger charge is 2.49. The molecule has 0 bridgehead atoms. The number of nitrogens with one attached hydrogen (secondary N) is 3. The molecule has 2 saturated heterocycles. The van der Waals surface area contributed by atoms with Crippen molar-refractivity contribution in [1.29, 1.82) is 5.26 Å². The summed E-state index contributed by atoms with van der Waals surface area (Å²) in [5.74, 6) is 0.694. The molecule has 2 aliphatic rings. The van der Waals surface area contributed by atoms with Crippen LogP contribution in [0.2, 0.25) is 0 Å². The lowest BCUT2D eigenvalue weighted by Gasteiger charge is -2.20. The van der Waals surface area contributed by atoms with Crippen LogP contribution in [0.1, 0.15) is 5.56 Å². The number of amides is 1. The zero-order valence-electron chi connectivity index (χ0n) is 17.2. The molecule has 2 aromatic carbocycles. The summed E-state index contributed by atoms with van der Waals surface area (Å²) in [6.45, 7) is 0.587. The molecule has 3 N–H and O–H groups in total. The molecule has 0 saturated carbocycles. The van der Waals surface area contributed by atoms with E-state index in [4.69, 9.17) is 36.4 Å². The number of thiocarbonyl (C=S) groups is 1. The molecule has 32 heavy (non-hydrogen) atoms. The Morgan fingerprint density at radius 3 is 2.62 bits per heavy atom. The van der Waals surface area contributed by atoms with Crippen molar-refractivity contribution in [3.63, 3.8) is 0 Å². The van der Waals surface area contributed by atoms with E-state index in [1.165, 1.54) is 0 Å². The van der Waals surface area contributed by atoms with Gasteiger partial charge in [0.1, 0.15) is 18.0 Å². The first-order valence-corrected chi connectivity index (χ1v) is 10.4. The summed E-state index contributed by atoms with van der Waals surface area (Å²) >= 11 is 5.38. The molecule has 10 heteroatoms. The van der Waals surface area contributed by atoms with Gasteiger partial charge in [0.25, 0.3) is 0 Å². The lowest BCUT2D eigenvalue weighted by molar-refractivity contribution is 0.00880. The van der Waals surface area contributed by atoms with Crippen LogP contribution < -0.4 is 20.7 Å². The number of nitrogens with zero attached hydrogens (tertiary/aromatic N) is 1. The summed E-state index contributed by atoms with van der Waals surface area (Å²) in [5, 5.41) is 18.3. The van der Waals surface area contributed by atoms with Crippen LogP contribution in [0.15, 0.2) is 48.5 Å². The van der Waals surface area contributed by atoms with Crippen LogP contribution in [0.25, 0.3) is 0 Å². The second-order valence-corrected chi connectivity index (χ2v) is 7.70. The number of anilines is 2. The van der Waals surface area contributed by atoms with Crippen LogP contribution in [0.5, 0.6) is 5.75 Å². The van der Waals surface area contributed by atoms with Crippen molar-refractivity contribution >= 4 is 34.8 Å². The maximum Gasteiger partial charge on any atom is 0.412 e. The van der Waals surface area contributed by atoms with E-state index in [0.29, 0.717) is 34.4 Å². The summed E-state index contributed by atoms with van der Waals surface area (Å²) in [6.07, 6.45) is -1.81. The monoisotopic (exact) mass is 454 g/mol. The molecule has 0 radical (unpaired) electrons. The van der Waals surface area contributed by atoms with E-state index in [1.54, 1.807) is 49.6 Å². The molecule has 0 aliphatic carbocycles. The first-order chi connectivity index (χ1) is 15.6. The fraction of sp³-hybridized carbons (Fsp3) is 0.318. The van der Waals surface area contributed by atoms with Gasteiger partial charge >= 0.3 is 6.09 Å². The van der Waals surface area contributed by atoms with Crippen molar-refractivity contribution in [2.75, 3.05) is 31.0 Å². The van der Waals surface area contributed by atoms with Crippen LogP contribution in [-0.4, -0.2) is 55.9 Å². The van der Waals surface area contributed by atoms with Gasteiger partial charge in [-0.3, -0.25) is 5.32 Å². The van der Waals surface area contributed by atoms with Gasteiger partial charge in [0.2, 0.25) is 0 Å². The fourth-order valence-electron chi connectivity index (χ4n) is 3.65. The van der Waals surface area contributed by atoms with Crippen LogP contribution in [-0.2, 0) is 14.2 Å². The van der Waals surface area contributed by atoms with Crippen molar-refractivity contribution < 1.29 is 23.7 Å². The molecule has 1 amide bonds. The highest BCUT2D eigenvalue weighted by Crippen LogP contribution is 2.29. The Labute approximate surface area is 190 Å². The van der Waals surface area contributed by atoms with Gasteiger partial charge in [-0.1, -0.05) is 6.07 Å². The number of carbonyl (C=O) groups excluding carboxylic acids is 1. The van der Waals surface area contributed by atoms with E-state index >= 15 is 0 Å². The Bertz CT molecular complexity index is 1030. The zero-order valence-corrected chi connectivity index (χ0v) is 18.1. The van der Waals surface area contributed by atoms with E-state index in [2.05, 4.69) is 22.0 Å². The van der Waals surface area contributed by atoms with Crippen molar-refractivity contribution in [2.45, 2.75) is 24.4 Å². The van der Waals surface area contributed by atoms with Crippen molar-refractivity contribution in [2.24, 2.45) is 0 Å². The van der Waals surface area contributed by atoms with Gasteiger partial charge in [-0.05, 0) is 54.7 Å². The van der Waals surface area contributed by atoms with Gasteiger partial charge in [0.05, 0.1) is 38.0 Å². The van der Waals surface area contributed by atoms with Crippen molar-refractivity contribution in [1.82, 2.24) is 5.32 Å². The Kier molecular flexibility index (Phi) is 6.70. The van der Waals surface area contributed by atoms with E-state index in [9.17, 15) is 4.79 Å². The molecule has 4 rings (SSSR count). The first kappa shape index (κ1) is 21.8. The summed E-state index contributed by atoms with van der Waals surface area (Å²) in [5.41, 5.74) is 1.84. The van der Waals surface area contributed by atoms with Gasteiger partial charge in [-0.15, -0.1) is 0 Å². The first-order valence-electron chi connectivity index (χ1n) is 9.98. The molecular formula is C22H22N4O5S. The second kappa shape index (κ2) is 9.82. The van der Waals surface area contributed by atoms with Gasteiger partial charge < -0.3 is 29.6 Å². The maximum atomic E-state index is 12.3. The number of methoxy groups -OCH3 is 1. The van der Waals surface area contributed by atoms with Crippen molar-refractivity contribution in [3.8, 4) is 11.8 Å². The lowest BCUT2D eigenvalue weighted by atomic mass is 10.1. The Balaban J connectivity index is 1.27. The smallest absolute Gasteiger partial charge is 0.412 e. The largest absolute Gasteiger partial charge is 0.497 e. The predicted molar refractivity (Wildman–Crippen MR) is 121 cm³/mol. The zero-order chi connectivity index (χ0) is 22.5. The molecule has 2 fully saturated rings. The second-order valence-electron chi connectivity index (χ2n) is 7.29. The highest BCUT2D eigenvalue weighted by atomic mass is 32.1. The minimum atomic E-state index is -0.584. The Morgan fingerprint density at radius 2 is 1.88 bits per heavy atom. The Morgan fingerprint density at radius 1 is 1.09 bits per heavy atom. The third-order valence-electron chi connectivity index (χ3n) is 5.17. The molecular weight excluding hydrogens is 432 g/mol. The van der Waals surface area contributed by atoms with Crippen LogP contribution >= 0.6 is 12.2 Å². The van der Waals surface area contributed by atoms with Crippen LogP contribution in [0, 0.1) is 11.3 Å². The number of benzene rings is 2. The summed E-state index contributed by atoms with van der Waals surface area (Å²) < 4.78 is 22.3. The van der Waals surface area contributed by atoms with Gasteiger partial charge in [-0.2, -0.15) is 5.26 Å². The number of hydrogen-bond donors (Lipinski definition) is 3. The number of nitriles is 1. The number of carbonyl (C=O) groups is 1. The number of hydrogen-bond acceptors (Lipinski definition) is 7. The molecule has 9 nitrogen and oxygen atoms in total. The van der Waals surface area contributed by atoms with E-state index in [-0.39, 0.29) is 24.9 Å². The average molecular weight is 455 g/mol. The van der Waals surface area contributed by atoms with E-state index in [0.717, 1.165) is 0 Å².